The number of primary amides is 1. The van der Waals surface area contributed by atoms with Gasteiger partial charge in [0.2, 0.25) is 5.91 Å². The Morgan fingerprint density at radius 1 is 0.947 bits per heavy atom. The van der Waals surface area contributed by atoms with Gasteiger partial charge in [-0.3, -0.25) is 4.79 Å². The maximum Gasteiger partial charge on any atom is 0.221 e. The van der Waals surface area contributed by atoms with Crippen LogP contribution in [-0.2, 0) is 17.6 Å². The van der Waals surface area contributed by atoms with Crippen molar-refractivity contribution in [2.45, 2.75) is 12.8 Å². The highest BCUT2D eigenvalue weighted by molar-refractivity contribution is 5.76. The molecule has 0 aliphatic heterocycles. The predicted molar refractivity (Wildman–Crippen MR) is 78.0 cm³/mol. The summed E-state index contributed by atoms with van der Waals surface area (Å²) in [4.78, 5) is 10.8. The van der Waals surface area contributed by atoms with Crippen LogP contribution in [0.5, 0.6) is 0 Å². The van der Waals surface area contributed by atoms with Gasteiger partial charge in [-0.2, -0.15) is 0 Å². The molecular weight excluding hydrogens is 236 g/mol. The number of benzene rings is 2. The zero-order valence-corrected chi connectivity index (χ0v) is 10.8. The highest BCUT2D eigenvalue weighted by Gasteiger charge is 1.98. The fraction of sp³-hybridized carbons (Fsp3) is 0.188. The Balaban J connectivity index is 1.81. The molecule has 0 aliphatic carbocycles. The first-order valence-electron chi connectivity index (χ1n) is 6.39. The lowest BCUT2D eigenvalue weighted by Gasteiger charge is -2.07. The first-order valence-corrected chi connectivity index (χ1v) is 6.39. The highest BCUT2D eigenvalue weighted by Crippen LogP contribution is 2.10. The van der Waals surface area contributed by atoms with Gasteiger partial charge in [0.15, 0.2) is 0 Å². The van der Waals surface area contributed by atoms with Crippen LogP contribution >= 0.6 is 0 Å². The maximum atomic E-state index is 10.8. The zero-order chi connectivity index (χ0) is 13.5. The van der Waals surface area contributed by atoms with E-state index in [1.54, 1.807) is 0 Å². The minimum Gasteiger partial charge on any atom is -0.385 e. The van der Waals surface area contributed by atoms with E-state index in [1.165, 1.54) is 5.56 Å². The zero-order valence-electron chi connectivity index (χ0n) is 10.8. The summed E-state index contributed by atoms with van der Waals surface area (Å²) in [6.07, 6.45) is 1.29. The predicted octanol–water partition coefficient (Wildman–Crippen LogP) is 2.37. The van der Waals surface area contributed by atoms with E-state index < -0.39 is 0 Å². The summed E-state index contributed by atoms with van der Waals surface area (Å²) in [5.74, 6) is -0.301. The van der Waals surface area contributed by atoms with Gasteiger partial charge in [0.25, 0.3) is 0 Å². The maximum absolute atomic E-state index is 10.8. The van der Waals surface area contributed by atoms with Crippen LogP contribution in [0.3, 0.4) is 0 Å². The molecule has 2 aromatic carbocycles. The van der Waals surface area contributed by atoms with Crippen molar-refractivity contribution < 1.29 is 4.79 Å². The number of carbonyl (C=O) groups is 1. The Hall–Kier alpha value is -2.29. The van der Waals surface area contributed by atoms with E-state index in [1.807, 2.05) is 42.5 Å². The number of hydrogen-bond donors (Lipinski definition) is 2. The normalized spacial score (nSPS) is 10.1. The van der Waals surface area contributed by atoms with Crippen molar-refractivity contribution in [3.05, 3.63) is 65.7 Å². The van der Waals surface area contributed by atoms with Gasteiger partial charge in [0.1, 0.15) is 0 Å². The molecule has 0 aliphatic rings. The Bertz CT molecular complexity index is 520. The summed E-state index contributed by atoms with van der Waals surface area (Å²) in [5.41, 5.74) is 8.48. The Morgan fingerprint density at radius 3 is 2.26 bits per heavy atom. The average molecular weight is 254 g/mol. The molecule has 2 aromatic rings. The van der Waals surface area contributed by atoms with Crippen LogP contribution in [0.4, 0.5) is 5.69 Å². The van der Waals surface area contributed by atoms with Gasteiger partial charge in [0, 0.05) is 12.2 Å². The standard InChI is InChI=1S/C16H18N2O/c17-16(19)12-14-6-8-15(9-7-14)18-11-10-13-4-2-1-3-5-13/h1-9,18H,10-12H2,(H2,17,19). The van der Waals surface area contributed by atoms with E-state index in [0.717, 1.165) is 24.2 Å². The van der Waals surface area contributed by atoms with Crippen LogP contribution < -0.4 is 11.1 Å². The summed E-state index contributed by atoms with van der Waals surface area (Å²) in [6.45, 7) is 0.888. The van der Waals surface area contributed by atoms with Crippen molar-refractivity contribution in [1.29, 1.82) is 0 Å². The second kappa shape index (κ2) is 6.59. The van der Waals surface area contributed by atoms with E-state index >= 15 is 0 Å². The van der Waals surface area contributed by atoms with Gasteiger partial charge in [-0.05, 0) is 29.7 Å². The molecule has 0 saturated carbocycles. The van der Waals surface area contributed by atoms with Crippen LogP contribution in [0, 0.1) is 0 Å². The van der Waals surface area contributed by atoms with Gasteiger partial charge in [-0.1, -0.05) is 42.5 Å². The minimum absolute atomic E-state index is 0.296. The number of hydrogen-bond acceptors (Lipinski definition) is 2. The first kappa shape index (κ1) is 13.1. The van der Waals surface area contributed by atoms with Crippen LogP contribution in [0.2, 0.25) is 0 Å². The number of anilines is 1. The molecule has 0 saturated heterocycles. The van der Waals surface area contributed by atoms with E-state index in [-0.39, 0.29) is 5.91 Å². The molecule has 3 N–H and O–H groups in total. The molecule has 0 fully saturated rings. The molecule has 0 aromatic heterocycles. The third-order valence-electron chi connectivity index (χ3n) is 2.92. The summed E-state index contributed by atoms with van der Waals surface area (Å²) in [5, 5.41) is 3.36. The largest absolute Gasteiger partial charge is 0.385 e. The summed E-state index contributed by atoms with van der Waals surface area (Å²) in [6, 6.07) is 18.2. The number of carbonyl (C=O) groups excluding carboxylic acids is 1. The fourth-order valence-electron chi connectivity index (χ4n) is 1.94. The molecular formula is C16H18N2O. The lowest BCUT2D eigenvalue weighted by atomic mass is 10.1. The Kier molecular flexibility index (Phi) is 4.56. The summed E-state index contributed by atoms with van der Waals surface area (Å²) >= 11 is 0. The average Bonchev–Trinajstić information content (AvgIpc) is 2.41. The smallest absolute Gasteiger partial charge is 0.221 e. The molecule has 2 rings (SSSR count). The molecule has 98 valence electrons. The molecule has 0 spiro atoms. The van der Waals surface area contributed by atoms with Crippen molar-refractivity contribution in [3.63, 3.8) is 0 Å². The van der Waals surface area contributed by atoms with Gasteiger partial charge in [0.05, 0.1) is 6.42 Å². The lowest BCUT2D eigenvalue weighted by Crippen LogP contribution is -2.13. The Labute approximate surface area is 113 Å². The minimum atomic E-state index is -0.301. The quantitative estimate of drug-likeness (QED) is 0.831. The second-order valence-corrected chi connectivity index (χ2v) is 4.50. The Morgan fingerprint density at radius 2 is 1.63 bits per heavy atom. The topological polar surface area (TPSA) is 55.1 Å². The van der Waals surface area contributed by atoms with Gasteiger partial charge < -0.3 is 11.1 Å². The molecule has 1 amide bonds. The monoisotopic (exact) mass is 254 g/mol. The molecule has 19 heavy (non-hydrogen) atoms. The number of rotatable bonds is 6. The van der Waals surface area contributed by atoms with E-state index in [2.05, 4.69) is 17.4 Å². The SMILES string of the molecule is NC(=O)Cc1ccc(NCCc2ccccc2)cc1. The van der Waals surface area contributed by atoms with Crippen LogP contribution in [0.15, 0.2) is 54.6 Å². The molecule has 0 atom stereocenters. The highest BCUT2D eigenvalue weighted by atomic mass is 16.1. The van der Waals surface area contributed by atoms with Crippen molar-refractivity contribution in [1.82, 2.24) is 0 Å². The van der Waals surface area contributed by atoms with Gasteiger partial charge in [-0.25, -0.2) is 0 Å². The number of amides is 1. The number of nitrogens with two attached hydrogens (primary N) is 1. The fourth-order valence-corrected chi connectivity index (χ4v) is 1.94. The van der Waals surface area contributed by atoms with Gasteiger partial charge >= 0.3 is 0 Å². The van der Waals surface area contributed by atoms with Crippen LogP contribution in [0.1, 0.15) is 11.1 Å². The number of nitrogens with one attached hydrogen (secondary N) is 1. The van der Waals surface area contributed by atoms with Gasteiger partial charge in [-0.15, -0.1) is 0 Å². The molecule has 0 bridgehead atoms. The van der Waals surface area contributed by atoms with E-state index in [0.29, 0.717) is 6.42 Å². The summed E-state index contributed by atoms with van der Waals surface area (Å²) < 4.78 is 0. The van der Waals surface area contributed by atoms with E-state index in [4.69, 9.17) is 5.73 Å². The third kappa shape index (κ3) is 4.47. The first-order chi connectivity index (χ1) is 9.24. The van der Waals surface area contributed by atoms with E-state index in [9.17, 15) is 4.79 Å². The molecule has 3 nitrogen and oxygen atoms in total. The van der Waals surface area contributed by atoms with Crippen molar-refractivity contribution in [3.8, 4) is 0 Å². The van der Waals surface area contributed by atoms with Crippen molar-refractivity contribution in [2.75, 3.05) is 11.9 Å². The molecule has 0 unspecified atom stereocenters. The van der Waals surface area contributed by atoms with Crippen molar-refractivity contribution in [2.24, 2.45) is 5.73 Å². The lowest BCUT2D eigenvalue weighted by molar-refractivity contribution is -0.117. The molecule has 0 radical (unpaired) electrons. The third-order valence-corrected chi connectivity index (χ3v) is 2.92. The second-order valence-electron chi connectivity index (χ2n) is 4.50. The molecule has 3 heteroatoms. The van der Waals surface area contributed by atoms with Crippen LogP contribution in [0.25, 0.3) is 0 Å². The van der Waals surface area contributed by atoms with Crippen LogP contribution in [-0.4, -0.2) is 12.5 Å². The summed E-state index contributed by atoms with van der Waals surface area (Å²) in [7, 11) is 0. The van der Waals surface area contributed by atoms with Crippen molar-refractivity contribution >= 4 is 11.6 Å². The molecule has 0 heterocycles.